The number of amides is 2. The zero-order valence-electron chi connectivity index (χ0n) is 11.7. The second-order valence-corrected chi connectivity index (χ2v) is 4.90. The summed E-state index contributed by atoms with van der Waals surface area (Å²) >= 11 is 0. The molecule has 21 heavy (non-hydrogen) atoms. The van der Waals surface area contributed by atoms with E-state index in [2.05, 4.69) is 4.98 Å². The van der Waals surface area contributed by atoms with E-state index in [1.807, 2.05) is 59.5 Å². The Morgan fingerprint density at radius 3 is 2.57 bits per heavy atom. The molecule has 1 aromatic carbocycles. The number of urea groups is 1. The van der Waals surface area contributed by atoms with Gasteiger partial charge in [-0.2, -0.15) is 0 Å². The third-order valence-corrected chi connectivity index (χ3v) is 3.51. The first-order chi connectivity index (χ1) is 10.3. The number of anilines is 1. The minimum atomic E-state index is 0.0545. The van der Waals surface area contributed by atoms with Crippen LogP contribution in [0.1, 0.15) is 5.56 Å². The van der Waals surface area contributed by atoms with Crippen LogP contribution in [0.5, 0.6) is 0 Å². The molecular weight excluding hydrogens is 262 g/mol. The fourth-order valence-corrected chi connectivity index (χ4v) is 2.40. The molecule has 0 unspecified atom stereocenters. The van der Waals surface area contributed by atoms with Gasteiger partial charge in [0.1, 0.15) is 0 Å². The van der Waals surface area contributed by atoms with Gasteiger partial charge in [-0.25, -0.2) is 4.79 Å². The molecule has 0 radical (unpaired) electrons. The van der Waals surface area contributed by atoms with Crippen molar-refractivity contribution in [1.29, 1.82) is 0 Å². The van der Waals surface area contributed by atoms with Crippen LogP contribution in [0.2, 0.25) is 0 Å². The summed E-state index contributed by atoms with van der Waals surface area (Å²) in [6.07, 6.45) is 7.49. The smallest absolute Gasteiger partial charge is 0.319 e. The molecule has 4 nitrogen and oxygen atoms in total. The van der Waals surface area contributed by atoms with Crippen LogP contribution in [-0.4, -0.2) is 35.5 Å². The molecule has 2 amide bonds. The minimum Gasteiger partial charge on any atom is -0.319 e. The standard InChI is InChI=1S/C17H17N3O/c21-17-19(12-4-7-15-5-2-1-3-6-15)13-14-20(17)16-8-10-18-11-9-16/h1-11H,12-14H2/b7-4-. The average molecular weight is 279 g/mol. The lowest BCUT2D eigenvalue weighted by molar-refractivity contribution is 0.225. The normalized spacial score (nSPS) is 15.1. The molecule has 1 fully saturated rings. The van der Waals surface area contributed by atoms with Gasteiger partial charge in [-0.15, -0.1) is 0 Å². The Labute approximate surface area is 124 Å². The number of pyridine rings is 1. The molecule has 3 rings (SSSR count). The van der Waals surface area contributed by atoms with E-state index in [1.54, 1.807) is 17.3 Å². The number of benzene rings is 1. The lowest BCUT2D eigenvalue weighted by Crippen LogP contribution is -2.31. The second-order valence-electron chi connectivity index (χ2n) is 4.90. The number of aromatic nitrogens is 1. The molecule has 0 atom stereocenters. The molecule has 0 bridgehead atoms. The fourth-order valence-electron chi connectivity index (χ4n) is 2.40. The number of nitrogens with zero attached hydrogens (tertiary/aromatic N) is 3. The van der Waals surface area contributed by atoms with Crippen LogP contribution in [0.4, 0.5) is 10.5 Å². The Morgan fingerprint density at radius 1 is 1.05 bits per heavy atom. The SMILES string of the molecule is O=C1N(C/C=C\c2ccccc2)CCN1c1ccncc1. The van der Waals surface area contributed by atoms with E-state index in [4.69, 9.17) is 0 Å². The summed E-state index contributed by atoms with van der Waals surface area (Å²) in [5.74, 6) is 0. The van der Waals surface area contributed by atoms with Gasteiger partial charge in [0.15, 0.2) is 0 Å². The van der Waals surface area contributed by atoms with E-state index >= 15 is 0 Å². The van der Waals surface area contributed by atoms with Crippen molar-refractivity contribution in [1.82, 2.24) is 9.88 Å². The summed E-state index contributed by atoms with van der Waals surface area (Å²) in [7, 11) is 0. The zero-order chi connectivity index (χ0) is 14.5. The third kappa shape index (κ3) is 3.11. The van der Waals surface area contributed by atoms with Crippen LogP contribution in [0.15, 0.2) is 60.9 Å². The number of carbonyl (C=O) groups excluding carboxylic acids is 1. The molecule has 1 aliphatic rings. The van der Waals surface area contributed by atoms with Gasteiger partial charge in [-0.3, -0.25) is 9.88 Å². The van der Waals surface area contributed by atoms with Crippen molar-refractivity contribution >= 4 is 17.8 Å². The first kappa shape index (κ1) is 13.4. The van der Waals surface area contributed by atoms with E-state index in [0.717, 1.165) is 24.3 Å². The summed E-state index contributed by atoms with van der Waals surface area (Å²) in [5.41, 5.74) is 2.06. The molecule has 1 saturated heterocycles. The molecule has 2 heterocycles. The van der Waals surface area contributed by atoms with Gasteiger partial charge in [-0.1, -0.05) is 42.5 Å². The molecule has 2 aromatic rings. The van der Waals surface area contributed by atoms with Crippen LogP contribution < -0.4 is 4.90 Å². The summed E-state index contributed by atoms with van der Waals surface area (Å²) in [6.45, 7) is 2.11. The highest BCUT2D eigenvalue weighted by Gasteiger charge is 2.28. The molecule has 0 saturated carbocycles. The van der Waals surface area contributed by atoms with Gasteiger partial charge in [0.2, 0.25) is 0 Å². The summed E-state index contributed by atoms with van der Waals surface area (Å²) in [6, 6.07) is 13.9. The number of hydrogen-bond donors (Lipinski definition) is 0. The number of hydrogen-bond acceptors (Lipinski definition) is 2. The Hall–Kier alpha value is -2.62. The number of rotatable bonds is 4. The van der Waals surface area contributed by atoms with Crippen molar-refractivity contribution in [2.75, 3.05) is 24.5 Å². The highest BCUT2D eigenvalue weighted by Crippen LogP contribution is 2.19. The summed E-state index contributed by atoms with van der Waals surface area (Å²) in [5, 5.41) is 0. The lowest BCUT2D eigenvalue weighted by atomic mass is 10.2. The molecule has 1 aromatic heterocycles. The molecular formula is C17H17N3O. The predicted molar refractivity (Wildman–Crippen MR) is 84.0 cm³/mol. The van der Waals surface area contributed by atoms with E-state index in [9.17, 15) is 4.79 Å². The van der Waals surface area contributed by atoms with E-state index in [0.29, 0.717) is 6.54 Å². The van der Waals surface area contributed by atoms with Gasteiger partial charge in [0, 0.05) is 37.7 Å². The molecule has 0 aliphatic carbocycles. The van der Waals surface area contributed by atoms with Crippen molar-refractivity contribution in [3.05, 3.63) is 66.5 Å². The van der Waals surface area contributed by atoms with Gasteiger partial charge in [0.25, 0.3) is 0 Å². The van der Waals surface area contributed by atoms with Crippen molar-refractivity contribution in [2.45, 2.75) is 0 Å². The monoisotopic (exact) mass is 279 g/mol. The summed E-state index contributed by atoms with van der Waals surface area (Å²) in [4.78, 5) is 20.0. The Morgan fingerprint density at radius 2 is 1.81 bits per heavy atom. The number of carbonyl (C=O) groups is 1. The van der Waals surface area contributed by atoms with Crippen LogP contribution in [0.25, 0.3) is 6.08 Å². The Kier molecular flexibility index (Phi) is 3.96. The largest absolute Gasteiger partial charge is 0.324 e. The second kappa shape index (κ2) is 6.22. The van der Waals surface area contributed by atoms with Gasteiger partial charge in [-0.05, 0) is 17.7 Å². The van der Waals surface area contributed by atoms with E-state index in [-0.39, 0.29) is 6.03 Å². The first-order valence-corrected chi connectivity index (χ1v) is 7.02. The molecule has 0 N–H and O–H groups in total. The van der Waals surface area contributed by atoms with Crippen molar-refractivity contribution in [3.63, 3.8) is 0 Å². The van der Waals surface area contributed by atoms with Crippen molar-refractivity contribution in [3.8, 4) is 0 Å². The van der Waals surface area contributed by atoms with Crippen molar-refractivity contribution in [2.24, 2.45) is 0 Å². The van der Waals surface area contributed by atoms with Gasteiger partial charge >= 0.3 is 6.03 Å². The maximum Gasteiger partial charge on any atom is 0.324 e. The molecule has 106 valence electrons. The highest BCUT2D eigenvalue weighted by molar-refractivity contribution is 5.94. The molecule has 1 aliphatic heterocycles. The van der Waals surface area contributed by atoms with Crippen LogP contribution in [0.3, 0.4) is 0 Å². The zero-order valence-corrected chi connectivity index (χ0v) is 11.7. The van der Waals surface area contributed by atoms with Crippen LogP contribution in [0, 0.1) is 0 Å². The topological polar surface area (TPSA) is 36.4 Å². The van der Waals surface area contributed by atoms with Crippen molar-refractivity contribution < 1.29 is 4.79 Å². The summed E-state index contributed by atoms with van der Waals surface area (Å²) < 4.78 is 0. The molecule has 0 spiro atoms. The van der Waals surface area contributed by atoms with Crippen LogP contribution >= 0.6 is 0 Å². The lowest BCUT2D eigenvalue weighted by Gasteiger charge is -2.17. The quantitative estimate of drug-likeness (QED) is 0.862. The third-order valence-electron chi connectivity index (χ3n) is 3.51. The van der Waals surface area contributed by atoms with E-state index in [1.165, 1.54) is 0 Å². The van der Waals surface area contributed by atoms with Gasteiger partial charge in [0.05, 0.1) is 0 Å². The maximum absolute atomic E-state index is 12.3. The average Bonchev–Trinajstić information content (AvgIpc) is 2.90. The predicted octanol–water partition coefficient (Wildman–Crippen LogP) is 3.04. The minimum absolute atomic E-state index is 0.0545. The Bertz CT molecular complexity index is 625. The Balaban J connectivity index is 1.61. The highest BCUT2D eigenvalue weighted by atomic mass is 16.2. The fraction of sp³-hybridized carbons (Fsp3) is 0.176. The first-order valence-electron chi connectivity index (χ1n) is 7.02. The molecule has 4 heteroatoms. The van der Waals surface area contributed by atoms with E-state index < -0.39 is 0 Å². The van der Waals surface area contributed by atoms with Gasteiger partial charge < -0.3 is 4.90 Å². The van der Waals surface area contributed by atoms with Crippen LogP contribution in [-0.2, 0) is 0 Å². The maximum atomic E-state index is 12.3.